The van der Waals surface area contributed by atoms with E-state index in [9.17, 15) is 14.4 Å². The van der Waals surface area contributed by atoms with E-state index in [0.717, 1.165) is 67.6 Å². The second-order valence-corrected chi connectivity index (χ2v) is 13.1. The molecule has 47 heavy (non-hydrogen) atoms. The van der Waals surface area contributed by atoms with E-state index in [1.54, 1.807) is 0 Å². The van der Waals surface area contributed by atoms with E-state index in [-0.39, 0.29) is 23.0 Å². The molecule has 6 rings (SSSR count). The van der Waals surface area contributed by atoms with Gasteiger partial charge in [-0.1, -0.05) is 66.6 Å². The first-order valence-electron chi connectivity index (χ1n) is 16.8. The minimum atomic E-state index is -0.381. The number of nitrogens with one attached hydrogen (secondary N) is 1. The lowest BCUT2D eigenvalue weighted by Gasteiger charge is -2.30. The fourth-order valence-electron chi connectivity index (χ4n) is 6.43. The summed E-state index contributed by atoms with van der Waals surface area (Å²) in [6, 6.07) is 21.4. The molecule has 246 valence electrons. The fraction of sp³-hybridized carbons (Fsp3) is 0.375. The summed E-state index contributed by atoms with van der Waals surface area (Å²) in [4.78, 5) is 39.6. The number of benzene rings is 3. The van der Waals surface area contributed by atoms with Crippen molar-refractivity contribution >= 4 is 34.4 Å². The standard InChI is InChI=1S/C32H36N2O4.C8H9Cl/c1-21-17-27-28(35)19-30(38-29(27)18-22(21)2)32(37)33-15-14-23-10-12-24(13-11-23)26-8-4-3-7-25(26)20-34-16-6-5-9-31(34)36;1-2-7-3-5-8(9)6-4-7/h3-4,7-8,14,17-19,24H,5-6,9-13,15-16,20H2,1-2H3,(H,33,37);3-6H,2H2,1H3. The van der Waals surface area contributed by atoms with Crippen molar-refractivity contribution in [3.63, 3.8) is 0 Å². The van der Waals surface area contributed by atoms with Crippen LogP contribution in [0.3, 0.4) is 0 Å². The largest absolute Gasteiger partial charge is 0.451 e. The minimum absolute atomic E-state index is 0.0386. The molecular formula is C40H45ClN2O4. The van der Waals surface area contributed by atoms with Gasteiger partial charge in [0.05, 0.1) is 5.39 Å². The first kappa shape index (κ1) is 34.2. The summed E-state index contributed by atoms with van der Waals surface area (Å²) in [7, 11) is 0. The maximum Gasteiger partial charge on any atom is 0.287 e. The predicted molar refractivity (Wildman–Crippen MR) is 190 cm³/mol. The Hall–Kier alpha value is -4.16. The maximum atomic E-state index is 12.7. The monoisotopic (exact) mass is 652 g/mol. The highest BCUT2D eigenvalue weighted by molar-refractivity contribution is 6.30. The molecule has 0 unspecified atom stereocenters. The molecule has 1 aromatic heterocycles. The lowest BCUT2D eigenvalue weighted by atomic mass is 9.79. The van der Waals surface area contributed by atoms with E-state index in [0.29, 0.717) is 36.4 Å². The number of likely N-dealkylation sites (tertiary alicyclic amines) is 1. The average Bonchev–Trinajstić information content (AvgIpc) is 3.08. The Morgan fingerprint density at radius 3 is 2.40 bits per heavy atom. The van der Waals surface area contributed by atoms with Crippen LogP contribution in [0.15, 0.2) is 87.6 Å². The van der Waals surface area contributed by atoms with Crippen LogP contribution in [-0.4, -0.2) is 29.8 Å². The second kappa shape index (κ2) is 16.1. The van der Waals surface area contributed by atoms with Crippen molar-refractivity contribution < 1.29 is 14.0 Å². The number of hydrogen-bond donors (Lipinski definition) is 1. The Bertz CT molecular complexity index is 1800. The molecule has 2 aliphatic rings. The number of hydrogen-bond acceptors (Lipinski definition) is 4. The first-order chi connectivity index (χ1) is 22.7. The first-order valence-corrected chi connectivity index (χ1v) is 17.2. The van der Waals surface area contributed by atoms with Crippen molar-refractivity contribution in [3.05, 3.63) is 127 Å². The van der Waals surface area contributed by atoms with E-state index in [4.69, 9.17) is 16.0 Å². The van der Waals surface area contributed by atoms with Crippen LogP contribution in [-0.2, 0) is 17.8 Å². The number of amides is 2. The molecule has 0 spiro atoms. The van der Waals surface area contributed by atoms with Crippen LogP contribution in [0.5, 0.6) is 0 Å². The van der Waals surface area contributed by atoms with Gasteiger partial charge in [0.15, 0.2) is 11.2 Å². The topological polar surface area (TPSA) is 79.6 Å². The van der Waals surface area contributed by atoms with Gasteiger partial charge in [-0.15, -0.1) is 0 Å². The van der Waals surface area contributed by atoms with Crippen LogP contribution >= 0.6 is 11.6 Å². The van der Waals surface area contributed by atoms with Crippen molar-refractivity contribution in [1.29, 1.82) is 0 Å². The second-order valence-electron chi connectivity index (χ2n) is 12.7. The Morgan fingerprint density at radius 2 is 1.68 bits per heavy atom. The zero-order valence-electron chi connectivity index (χ0n) is 27.7. The van der Waals surface area contributed by atoms with Gasteiger partial charge in [-0.2, -0.15) is 0 Å². The van der Waals surface area contributed by atoms with Crippen molar-refractivity contribution in [2.24, 2.45) is 0 Å². The highest BCUT2D eigenvalue weighted by Crippen LogP contribution is 2.37. The molecular weight excluding hydrogens is 608 g/mol. The number of piperidine rings is 1. The highest BCUT2D eigenvalue weighted by Gasteiger charge is 2.24. The van der Waals surface area contributed by atoms with E-state index >= 15 is 0 Å². The van der Waals surface area contributed by atoms with Crippen LogP contribution in [0.1, 0.15) is 96.2 Å². The summed E-state index contributed by atoms with van der Waals surface area (Å²) in [5.41, 5.74) is 7.58. The predicted octanol–water partition coefficient (Wildman–Crippen LogP) is 8.84. The molecule has 2 fully saturated rings. The fourth-order valence-corrected chi connectivity index (χ4v) is 6.56. The number of allylic oxidation sites excluding steroid dienone is 1. The zero-order chi connectivity index (χ0) is 33.3. The number of carbonyl (C=O) groups is 2. The average molecular weight is 653 g/mol. The summed E-state index contributed by atoms with van der Waals surface area (Å²) in [5, 5.41) is 4.19. The van der Waals surface area contributed by atoms with Gasteiger partial charge in [0.25, 0.3) is 5.91 Å². The van der Waals surface area contributed by atoms with Crippen molar-refractivity contribution in [2.75, 3.05) is 13.1 Å². The molecule has 3 aromatic carbocycles. The van der Waals surface area contributed by atoms with Crippen LogP contribution in [0.25, 0.3) is 11.0 Å². The molecule has 1 saturated carbocycles. The van der Waals surface area contributed by atoms with Crippen LogP contribution in [0, 0.1) is 13.8 Å². The van der Waals surface area contributed by atoms with Crippen LogP contribution < -0.4 is 10.7 Å². The molecule has 2 heterocycles. The Kier molecular flexibility index (Phi) is 11.7. The van der Waals surface area contributed by atoms with Gasteiger partial charge in [0.2, 0.25) is 5.91 Å². The summed E-state index contributed by atoms with van der Waals surface area (Å²) in [5.74, 6) is 0.414. The third-order valence-corrected chi connectivity index (χ3v) is 9.70. The number of halogens is 1. The number of nitrogens with zero attached hydrogens (tertiary/aromatic N) is 1. The van der Waals surface area contributed by atoms with Crippen LogP contribution in [0.4, 0.5) is 0 Å². The normalized spacial score (nSPS) is 16.4. The lowest BCUT2D eigenvalue weighted by Crippen LogP contribution is -2.35. The molecule has 1 aliphatic heterocycles. The zero-order valence-corrected chi connectivity index (χ0v) is 28.5. The van der Waals surface area contributed by atoms with Gasteiger partial charge in [-0.3, -0.25) is 14.4 Å². The third kappa shape index (κ3) is 9.01. The molecule has 7 heteroatoms. The van der Waals surface area contributed by atoms with Crippen LogP contribution in [0.2, 0.25) is 5.02 Å². The highest BCUT2D eigenvalue weighted by atomic mass is 35.5. The van der Waals surface area contributed by atoms with E-state index in [2.05, 4.69) is 42.6 Å². The molecule has 1 N–H and O–H groups in total. The van der Waals surface area contributed by atoms with Gasteiger partial charge in [0, 0.05) is 37.1 Å². The molecule has 4 aromatic rings. The molecule has 0 atom stereocenters. The Balaban J connectivity index is 0.000000417. The number of aryl methyl sites for hydroxylation is 3. The number of rotatable bonds is 7. The Labute approximate surface area is 282 Å². The summed E-state index contributed by atoms with van der Waals surface area (Å²) < 4.78 is 5.76. The molecule has 1 aliphatic carbocycles. The maximum absolute atomic E-state index is 12.7. The molecule has 6 nitrogen and oxygen atoms in total. The summed E-state index contributed by atoms with van der Waals surface area (Å²) >= 11 is 5.67. The van der Waals surface area contributed by atoms with Gasteiger partial charge in [-0.05, 0) is 117 Å². The van der Waals surface area contributed by atoms with Gasteiger partial charge < -0.3 is 14.6 Å². The van der Waals surface area contributed by atoms with Gasteiger partial charge in [0.1, 0.15) is 5.58 Å². The molecule has 2 amide bonds. The van der Waals surface area contributed by atoms with Crippen molar-refractivity contribution in [1.82, 2.24) is 10.2 Å². The van der Waals surface area contributed by atoms with E-state index in [1.165, 1.54) is 28.3 Å². The van der Waals surface area contributed by atoms with E-state index < -0.39 is 0 Å². The number of fused-ring (bicyclic) bond motifs is 1. The lowest BCUT2D eigenvalue weighted by molar-refractivity contribution is -0.133. The summed E-state index contributed by atoms with van der Waals surface area (Å²) in [6.45, 7) is 8.01. The van der Waals surface area contributed by atoms with Gasteiger partial charge in [-0.25, -0.2) is 0 Å². The van der Waals surface area contributed by atoms with Gasteiger partial charge >= 0.3 is 0 Å². The minimum Gasteiger partial charge on any atom is -0.451 e. The van der Waals surface area contributed by atoms with Crippen molar-refractivity contribution in [3.8, 4) is 0 Å². The third-order valence-electron chi connectivity index (χ3n) is 9.45. The smallest absolute Gasteiger partial charge is 0.287 e. The molecule has 0 radical (unpaired) electrons. The Morgan fingerprint density at radius 1 is 0.957 bits per heavy atom. The SMILES string of the molecule is CCc1ccc(Cl)cc1.Cc1cc2oc(C(=O)NCC=C3CCC(c4ccccc4CN4CCCCC4=O)CC3)cc(=O)c2cc1C. The summed E-state index contributed by atoms with van der Waals surface area (Å²) in [6.07, 6.45) is 10.0. The van der Waals surface area contributed by atoms with Crippen molar-refractivity contribution in [2.45, 2.75) is 84.6 Å². The molecule has 1 saturated heterocycles. The molecule has 0 bridgehead atoms. The van der Waals surface area contributed by atoms with E-state index in [1.807, 2.05) is 55.1 Å². The quantitative estimate of drug-likeness (QED) is 0.202. The number of carbonyl (C=O) groups excluding carboxylic acids is 2.